The number of rotatable bonds is 4. The maximum atomic E-state index is 11.3. The lowest BCUT2D eigenvalue weighted by molar-refractivity contribution is -0.125. The highest BCUT2D eigenvalue weighted by Crippen LogP contribution is 1.89. The summed E-state index contributed by atoms with van der Waals surface area (Å²) in [6.07, 6.45) is 2.66. The van der Waals surface area contributed by atoms with Crippen LogP contribution >= 0.6 is 0 Å². The number of primary amides is 1. The third-order valence-electron chi connectivity index (χ3n) is 1.58. The molecule has 1 aromatic heterocycles. The number of carbonyl (C=O) groups is 2. The van der Waals surface area contributed by atoms with Crippen molar-refractivity contribution in [2.75, 3.05) is 6.54 Å². The second kappa shape index (κ2) is 5.01. The number of nitrogens with one attached hydrogen (secondary N) is 1. The van der Waals surface area contributed by atoms with Gasteiger partial charge in [-0.3, -0.25) is 14.6 Å². The molecule has 80 valence electrons. The number of nitrogens with two attached hydrogens (primary N) is 1. The predicted molar refractivity (Wildman–Crippen MR) is 49.6 cm³/mol. The highest BCUT2D eigenvalue weighted by Gasteiger charge is 2.13. The molecule has 1 rings (SSSR count). The van der Waals surface area contributed by atoms with Crippen LogP contribution in [0.2, 0.25) is 0 Å². The van der Waals surface area contributed by atoms with Crippen LogP contribution in [0.5, 0.6) is 0 Å². The Kier molecular flexibility index (Phi) is 3.69. The van der Waals surface area contributed by atoms with Gasteiger partial charge in [0, 0.05) is 12.4 Å². The van der Waals surface area contributed by atoms with Crippen LogP contribution in [0.3, 0.4) is 0 Å². The Bertz CT molecular complexity index is 354. The van der Waals surface area contributed by atoms with E-state index in [-0.39, 0.29) is 12.2 Å². The molecule has 7 nitrogen and oxygen atoms in total. The first-order chi connectivity index (χ1) is 7.11. The number of aromatic nitrogens is 2. The second-order valence-electron chi connectivity index (χ2n) is 2.72. The second-order valence-corrected chi connectivity index (χ2v) is 2.72. The summed E-state index contributed by atoms with van der Waals surface area (Å²) in [5.74, 6) is -1.42. The van der Waals surface area contributed by atoms with E-state index in [0.29, 0.717) is 0 Å². The molecule has 0 aliphatic carbocycles. The van der Waals surface area contributed by atoms with E-state index < -0.39 is 17.9 Å². The van der Waals surface area contributed by atoms with Gasteiger partial charge in [0.2, 0.25) is 5.91 Å². The van der Waals surface area contributed by atoms with Gasteiger partial charge < -0.3 is 16.2 Å². The molecule has 1 heterocycles. The van der Waals surface area contributed by atoms with E-state index in [9.17, 15) is 9.59 Å². The number of hydrogen-bond donors (Lipinski definition) is 3. The summed E-state index contributed by atoms with van der Waals surface area (Å²) >= 11 is 0. The summed E-state index contributed by atoms with van der Waals surface area (Å²) in [5, 5.41) is 11.3. The molecule has 1 unspecified atom stereocenters. The highest BCUT2D eigenvalue weighted by molar-refractivity contribution is 5.92. The molecule has 0 saturated heterocycles. The van der Waals surface area contributed by atoms with Crippen molar-refractivity contribution >= 4 is 11.8 Å². The van der Waals surface area contributed by atoms with E-state index >= 15 is 0 Å². The minimum atomic E-state index is -1.40. The van der Waals surface area contributed by atoms with E-state index in [1.54, 1.807) is 0 Å². The van der Waals surface area contributed by atoms with Crippen molar-refractivity contribution < 1.29 is 14.7 Å². The van der Waals surface area contributed by atoms with Crippen molar-refractivity contribution in [1.29, 1.82) is 0 Å². The monoisotopic (exact) mass is 210 g/mol. The molecule has 0 saturated carbocycles. The Balaban J connectivity index is 2.47. The van der Waals surface area contributed by atoms with Gasteiger partial charge in [0.1, 0.15) is 11.8 Å². The Labute approximate surface area is 85.3 Å². The normalized spacial score (nSPS) is 11.8. The molecule has 0 fully saturated rings. The third kappa shape index (κ3) is 3.31. The van der Waals surface area contributed by atoms with E-state index in [1.165, 1.54) is 18.6 Å². The van der Waals surface area contributed by atoms with Crippen LogP contribution in [-0.4, -0.2) is 39.5 Å². The zero-order chi connectivity index (χ0) is 11.3. The van der Waals surface area contributed by atoms with Crippen LogP contribution in [0.25, 0.3) is 0 Å². The van der Waals surface area contributed by atoms with Crippen molar-refractivity contribution in [2.24, 2.45) is 5.73 Å². The standard InChI is InChI=1S/C8H10N4O3/c9-7(14)6(13)4-12-8(15)5-3-10-1-2-11-5/h1-3,6,13H,4H2,(H2,9,14)(H,12,15). The summed E-state index contributed by atoms with van der Waals surface area (Å²) in [7, 11) is 0. The van der Waals surface area contributed by atoms with E-state index in [0.717, 1.165) is 0 Å². The molecule has 0 spiro atoms. The molecule has 15 heavy (non-hydrogen) atoms. The zero-order valence-electron chi connectivity index (χ0n) is 7.75. The van der Waals surface area contributed by atoms with Crippen molar-refractivity contribution in [2.45, 2.75) is 6.10 Å². The molecular weight excluding hydrogens is 200 g/mol. The predicted octanol–water partition coefficient (Wildman–Crippen LogP) is -1.95. The number of carbonyl (C=O) groups excluding carboxylic acids is 2. The fraction of sp³-hybridized carbons (Fsp3) is 0.250. The Morgan fingerprint density at radius 1 is 1.53 bits per heavy atom. The number of aliphatic hydroxyl groups is 1. The minimum absolute atomic E-state index is 0.106. The number of nitrogens with zero attached hydrogens (tertiary/aromatic N) is 2. The molecule has 1 atom stereocenters. The summed E-state index contributed by atoms with van der Waals surface area (Å²) < 4.78 is 0. The molecule has 0 aromatic carbocycles. The summed E-state index contributed by atoms with van der Waals surface area (Å²) in [6, 6.07) is 0. The van der Waals surface area contributed by atoms with Gasteiger partial charge in [0.25, 0.3) is 5.91 Å². The van der Waals surface area contributed by atoms with E-state index in [2.05, 4.69) is 15.3 Å². The van der Waals surface area contributed by atoms with Gasteiger partial charge in [-0.2, -0.15) is 0 Å². The lowest BCUT2D eigenvalue weighted by Crippen LogP contribution is -2.40. The van der Waals surface area contributed by atoms with Crippen LogP contribution in [0.1, 0.15) is 10.5 Å². The SMILES string of the molecule is NC(=O)C(O)CNC(=O)c1cnccn1. The maximum Gasteiger partial charge on any atom is 0.271 e. The van der Waals surface area contributed by atoms with Gasteiger partial charge in [-0.25, -0.2) is 4.98 Å². The van der Waals surface area contributed by atoms with Gasteiger partial charge in [-0.05, 0) is 0 Å². The average Bonchev–Trinajstić information content (AvgIpc) is 2.26. The van der Waals surface area contributed by atoms with Crippen LogP contribution in [-0.2, 0) is 4.79 Å². The number of aliphatic hydroxyl groups excluding tert-OH is 1. The molecule has 7 heteroatoms. The molecule has 0 radical (unpaired) electrons. The lowest BCUT2D eigenvalue weighted by atomic mass is 10.3. The molecule has 1 aromatic rings. The largest absolute Gasteiger partial charge is 0.381 e. The summed E-state index contributed by atoms with van der Waals surface area (Å²) in [5.41, 5.74) is 4.90. The van der Waals surface area contributed by atoms with Crippen molar-refractivity contribution in [3.63, 3.8) is 0 Å². The van der Waals surface area contributed by atoms with Gasteiger partial charge in [0.05, 0.1) is 12.7 Å². The zero-order valence-corrected chi connectivity index (χ0v) is 7.75. The highest BCUT2D eigenvalue weighted by atomic mass is 16.3. The van der Waals surface area contributed by atoms with E-state index in [4.69, 9.17) is 10.8 Å². The molecular formula is C8H10N4O3. The quantitative estimate of drug-likeness (QED) is 0.534. The minimum Gasteiger partial charge on any atom is -0.381 e. The molecule has 0 aliphatic rings. The van der Waals surface area contributed by atoms with Crippen molar-refractivity contribution in [3.8, 4) is 0 Å². The topological polar surface area (TPSA) is 118 Å². The van der Waals surface area contributed by atoms with Gasteiger partial charge in [-0.15, -0.1) is 0 Å². The first-order valence-corrected chi connectivity index (χ1v) is 4.13. The molecule has 0 bridgehead atoms. The van der Waals surface area contributed by atoms with Crippen LogP contribution in [0.15, 0.2) is 18.6 Å². The van der Waals surface area contributed by atoms with Crippen LogP contribution in [0, 0.1) is 0 Å². The van der Waals surface area contributed by atoms with Crippen LogP contribution in [0.4, 0.5) is 0 Å². The number of hydrogen-bond acceptors (Lipinski definition) is 5. The molecule has 2 amide bonds. The van der Waals surface area contributed by atoms with Crippen LogP contribution < -0.4 is 11.1 Å². The molecule has 0 aliphatic heterocycles. The fourth-order valence-electron chi connectivity index (χ4n) is 0.797. The Hall–Kier alpha value is -2.02. The third-order valence-corrected chi connectivity index (χ3v) is 1.58. The Morgan fingerprint density at radius 2 is 2.27 bits per heavy atom. The Morgan fingerprint density at radius 3 is 2.80 bits per heavy atom. The van der Waals surface area contributed by atoms with Gasteiger partial charge in [0.15, 0.2) is 0 Å². The first kappa shape index (κ1) is 11.1. The summed E-state index contributed by atoms with van der Waals surface area (Å²) in [6.45, 7) is -0.245. The van der Waals surface area contributed by atoms with Crippen molar-refractivity contribution in [3.05, 3.63) is 24.3 Å². The van der Waals surface area contributed by atoms with Gasteiger partial charge >= 0.3 is 0 Å². The molecule has 4 N–H and O–H groups in total. The smallest absolute Gasteiger partial charge is 0.271 e. The first-order valence-electron chi connectivity index (χ1n) is 4.13. The lowest BCUT2D eigenvalue weighted by Gasteiger charge is -2.07. The number of amides is 2. The fourth-order valence-corrected chi connectivity index (χ4v) is 0.797. The van der Waals surface area contributed by atoms with Crippen molar-refractivity contribution in [1.82, 2.24) is 15.3 Å². The van der Waals surface area contributed by atoms with Gasteiger partial charge in [-0.1, -0.05) is 0 Å². The van der Waals surface area contributed by atoms with E-state index in [1.807, 2.05) is 0 Å². The maximum absolute atomic E-state index is 11.3. The average molecular weight is 210 g/mol. The summed E-state index contributed by atoms with van der Waals surface area (Å²) in [4.78, 5) is 29.2.